The molecule has 0 aliphatic heterocycles. The Morgan fingerprint density at radius 3 is 2.45 bits per heavy atom. The Balaban J connectivity index is 1.70. The van der Waals surface area contributed by atoms with Crippen LogP contribution in [-0.4, -0.2) is 29.8 Å². The number of ether oxygens (including phenoxy) is 1. The average Bonchev–Trinajstić information content (AvgIpc) is 2.29. The molecule has 1 aliphatic carbocycles. The second-order valence-electron chi connectivity index (χ2n) is 5.69. The zero-order valence-corrected chi connectivity index (χ0v) is 12.2. The highest BCUT2D eigenvalue weighted by Crippen LogP contribution is 2.31. The molecule has 0 aromatic heterocycles. The van der Waals surface area contributed by atoms with Gasteiger partial charge in [0.25, 0.3) is 0 Å². The minimum absolute atomic E-state index is 0.603. The molecule has 1 aromatic carbocycles. The lowest BCUT2D eigenvalue weighted by atomic mass is 9.77. The molecule has 1 aromatic rings. The van der Waals surface area contributed by atoms with Crippen molar-refractivity contribution in [1.29, 1.82) is 0 Å². The molecule has 0 amide bonds. The number of aryl methyl sites for hydroxylation is 2. The highest BCUT2D eigenvalue weighted by atomic mass is 16.5. The quantitative estimate of drug-likeness (QED) is 0.752. The Hall–Kier alpha value is -1.55. The van der Waals surface area contributed by atoms with Gasteiger partial charge in [-0.1, -0.05) is 6.07 Å². The fourth-order valence-corrected chi connectivity index (χ4v) is 2.60. The molecule has 0 unspecified atom stereocenters. The normalized spacial score (nSPS) is 16.5. The van der Waals surface area contributed by atoms with Gasteiger partial charge in [-0.05, 0) is 69.3 Å². The number of hydrogen-bond donors (Lipinski definition) is 2. The lowest BCUT2D eigenvalue weighted by Crippen LogP contribution is -2.57. The van der Waals surface area contributed by atoms with E-state index in [1.165, 1.54) is 11.1 Å². The Kier molecular flexibility index (Phi) is 4.65. The number of carboxylic acid groups (broad SMARTS) is 1. The summed E-state index contributed by atoms with van der Waals surface area (Å²) in [6, 6.07) is 6.15. The van der Waals surface area contributed by atoms with E-state index in [1.54, 1.807) is 0 Å². The van der Waals surface area contributed by atoms with E-state index >= 15 is 0 Å². The van der Waals surface area contributed by atoms with E-state index in [2.05, 4.69) is 25.2 Å². The summed E-state index contributed by atoms with van der Waals surface area (Å²) < 4.78 is 5.71. The number of nitrogens with one attached hydrogen (secondary N) is 1. The summed E-state index contributed by atoms with van der Waals surface area (Å²) in [6.07, 6.45) is 3.28. The third-order valence-corrected chi connectivity index (χ3v) is 3.86. The van der Waals surface area contributed by atoms with Gasteiger partial charge < -0.3 is 15.2 Å². The third kappa shape index (κ3) is 3.51. The fraction of sp³-hybridized carbons (Fsp3) is 0.562. The molecule has 2 rings (SSSR count). The zero-order chi connectivity index (χ0) is 14.6. The first-order valence-electron chi connectivity index (χ1n) is 7.21. The van der Waals surface area contributed by atoms with Crippen molar-refractivity contribution >= 4 is 5.97 Å². The maximum absolute atomic E-state index is 11.2. The molecule has 20 heavy (non-hydrogen) atoms. The lowest BCUT2D eigenvalue weighted by Gasteiger charge is -2.38. The molecule has 1 aliphatic rings. The number of carbonyl (C=O) groups is 1. The zero-order valence-electron chi connectivity index (χ0n) is 12.2. The Morgan fingerprint density at radius 2 is 1.95 bits per heavy atom. The molecule has 110 valence electrons. The van der Waals surface area contributed by atoms with Crippen molar-refractivity contribution in [2.45, 2.75) is 45.1 Å². The summed E-state index contributed by atoms with van der Waals surface area (Å²) >= 11 is 0. The van der Waals surface area contributed by atoms with Gasteiger partial charge in [-0.3, -0.25) is 4.79 Å². The summed E-state index contributed by atoms with van der Waals surface area (Å²) in [6.45, 7) is 5.38. The maximum Gasteiger partial charge on any atom is 0.323 e. The smallest absolute Gasteiger partial charge is 0.323 e. The van der Waals surface area contributed by atoms with Gasteiger partial charge >= 0.3 is 5.97 Å². The van der Waals surface area contributed by atoms with Crippen LogP contribution >= 0.6 is 0 Å². The molecule has 1 fully saturated rings. The second-order valence-corrected chi connectivity index (χ2v) is 5.69. The number of aliphatic carboxylic acids is 1. The Labute approximate surface area is 120 Å². The van der Waals surface area contributed by atoms with Gasteiger partial charge in [-0.15, -0.1) is 0 Å². The van der Waals surface area contributed by atoms with E-state index in [9.17, 15) is 9.90 Å². The van der Waals surface area contributed by atoms with Crippen molar-refractivity contribution in [1.82, 2.24) is 5.32 Å². The molecule has 0 atom stereocenters. The van der Waals surface area contributed by atoms with Crippen molar-refractivity contribution in [2.24, 2.45) is 0 Å². The van der Waals surface area contributed by atoms with Crippen molar-refractivity contribution in [3.8, 4) is 5.75 Å². The maximum atomic E-state index is 11.2. The number of carboxylic acids is 1. The highest BCUT2D eigenvalue weighted by molar-refractivity contribution is 5.79. The number of hydrogen-bond acceptors (Lipinski definition) is 3. The van der Waals surface area contributed by atoms with E-state index in [0.29, 0.717) is 13.2 Å². The Bertz CT molecular complexity index is 460. The molecule has 0 heterocycles. The van der Waals surface area contributed by atoms with Crippen LogP contribution in [0.15, 0.2) is 18.2 Å². The topological polar surface area (TPSA) is 58.6 Å². The SMILES string of the molecule is Cc1cc(C)cc(OCCCNC2(C(=O)O)CCC2)c1. The summed E-state index contributed by atoms with van der Waals surface area (Å²) in [7, 11) is 0. The standard InChI is InChI=1S/C16H23NO3/c1-12-9-13(2)11-14(10-12)20-8-4-7-17-16(15(18)19)5-3-6-16/h9-11,17H,3-8H2,1-2H3,(H,18,19). The molecule has 0 radical (unpaired) electrons. The van der Waals surface area contributed by atoms with E-state index in [-0.39, 0.29) is 0 Å². The molecule has 0 bridgehead atoms. The summed E-state index contributed by atoms with van der Waals surface area (Å²) in [5.41, 5.74) is 1.72. The van der Waals surface area contributed by atoms with Gasteiger partial charge in [0, 0.05) is 0 Å². The van der Waals surface area contributed by atoms with E-state index < -0.39 is 11.5 Å². The predicted molar refractivity (Wildman–Crippen MR) is 78.2 cm³/mol. The minimum atomic E-state index is -0.723. The van der Waals surface area contributed by atoms with Crippen LogP contribution in [0.5, 0.6) is 5.75 Å². The Morgan fingerprint density at radius 1 is 1.30 bits per heavy atom. The molecule has 0 saturated heterocycles. The van der Waals surface area contributed by atoms with Crippen molar-refractivity contribution in [3.05, 3.63) is 29.3 Å². The lowest BCUT2D eigenvalue weighted by molar-refractivity contribution is -0.148. The van der Waals surface area contributed by atoms with Gasteiger partial charge in [0.1, 0.15) is 11.3 Å². The van der Waals surface area contributed by atoms with Crippen LogP contribution in [0.4, 0.5) is 0 Å². The number of benzene rings is 1. The van der Waals surface area contributed by atoms with Gasteiger partial charge in [-0.25, -0.2) is 0 Å². The first-order valence-corrected chi connectivity index (χ1v) is 7.21. The summed E-state index contributed by atoms with van der Waals surface area (Å²) in [5.74, 6) is 0.165. The van der Waals surface area contributed by atoms with Gasteiger partial charge in [0.05, 0.1) is 6.61 Å². The van der Waals surface area contributed by atoms with Crippen LogP contribution in [0.1, 0.15) is 36.8 Å². The van der Waals surface area contributed by atoms with Crippen molar-refractivity contribution in [3.63, 3.8) is 0 Å². The van der Waals surface area contributed by atoms with Crippen LogP contribution in [0, 0.1) is 13.8 Å². The van der Waals surface area contributed by atoms with Crippen LogP contribution in [0.25, 0.3) is 0 Å². The van der Waals surface area contributed by atoms with Crippen LogP contribution in [0.3, 0.4) is 0 Å². The average molecular weight is 277 g/mol. The van der Waals surface area contributed by atoms with Gasteiger partial charge in [0.15, 0.2) is 0 Å². The molecule has 2 N–H and O–H groups in total. The minimum Gasteiger partial charge on any atom is -0.494 e. The van der Waals surface area contributed by atoms with Crippen LogP contribution < -0.4 is 10.1 Å². The molecule has 4 heteroatoms. The number of rotatable bonds is 7. The predicted octanol–water partition coefficient (Wildman–Crippen LogP) is 2.67. The van der Waals surface area contributed by atoms with Crippen LogP contribution in [-0.2, 0) is 4.79 Å². The second kappa shape index (κ2) is 6.27. The monoisotopic (exact) mass is 277 g/mol. The van der Waals surface area contributed by atoms with Gasteiger partial charge in [-0.2, -0.15) is 0 Å². The van der Waals surface area contributed by atoms with E-state index in [0.717, 1.165) is 31.4 Å². The molecular formula is C16H23NO3. The summed E-state index contributed by atoms with van der Waals surface area (Å²) in [4.78, 5) is 11.2. The van der Waals surface area contributed by atoms with Crippen LogP contribution in [0.2, 0.25) is 0 Å². The van der Waals surface area contributed by atoms with Crippen molar-refractivity contribution in [2.75, 3.05) is 13.2 Å². The molecule has 4 nitrogen and oxygen atoms in total. The fourth-order valence-electron chi connectivity index (χ4n) is 2.60. The highest BCUT2D eigenvalue weighted by Gasteiger charge is 2.43. The first-order chi connectivity index (χ1) is 9.52. The van der Waals surface area contributed by atoms with Crippen molar-refractivity contribution < 1.29 is 14.6 Å². The molecule has 1 saturated carbocycles. The van der Waals surface area contributed by atoms with E-state index in [4.69, 9.17) is 4.74 Å². The third-order valence-electron chi connectivity index (χ3n) is 3.86. The summed E-state index contributed by atoms with van der Waals surface area (Å²) in [5, 5.41) is 12.3. The van der Waals surface area contributed by atoms with Gasteiger partial charge in [0.2, 0.25) is 0 Å². The largest absolute Gasteiger partial charge is 0.494 e. The molecule has 0 spiro atoms. The molecular weight excluding hydrogens is 254 g/mol. The first kappa shape index (κ1) is 14.9. The van der Waals surface area contributed by atoms with E-state index in [1.807, 2.05) is 12.1 Å².